The minimum absolute atomic E-state index is 0.315. The molecule has 1 aromatic heterocycles. The van der Waals surface area contributed by atoms with E-state index in [2.05, 4.69) is 14.9 Å². The summed E-state index contributed by atoms with van der Waals surface area (Å²) in [6.45, 7) is 1.56. The highest BCUT2D eigenvalue weighted by Crippen LogP contribution is 2.33. The van der Waals surface area contributed by atoms with Crippen molar-refractivity contribution in [2.45, 2.75) is 18.9 Å². The minimum Gasteiger partial charge on any atom is -0.337 e. The van der Waals surface area contributed by atoms with Crippen LogP contribution in [0, 0.1) is 0 Å². The van der Waals surface area contributed by atoms with E-state index in [0.29, 0.717) is 28.6 Å². The Kier molecular flexibility index (Phi) is 4.29. The lowest BCUT2D eigenvalue weighted by molar-refractivity contribution is 0.664. The van der Waals surface area contributed by atoms with Crippen molar-refractivity contribution in [3.63, 3.8) is 0 Å². The van der Waals surface area contributed by atoms with E-state index in [1.54, 1.807) is 12.3 Å². The molecular weight excluding hydrogens is 307 g/mol. The summed E-state index contributed by atoms with van der Waals surface area (Å²) in [5.41, 5.74) is 7.41. The van der Waals surface area contributed by atoms with Gasteiger partial charge in [0, 0.05) is 30.9 Å². The Balaban J connectivity index is 1.98. The first-order chi connectivity index (χ1) is 10.2. The van der Waals surface area contributed by atoms with Gasteiger partial charge in [-0.2, -0.15) is 0 Å². The van der Waals surface area contributed by atoms with Crippen LogP contribution in [-0.2, 0) is 0 Å². The lowest BCUT2D eigenvalue weighted by Gasteiger charge is -2.23. The van der Waals surface area contributed by atoms with Crippen molar-refractivity contribution < 1.29 is 0 Å². The minimum atomic E-state index is 0.315. The molecule has 2 heterocycles. The molecule has 4 nitrogen and oxygen atoms in total. The molecule has 1 aliphatic rings. The number of aromatic nitrogens is 2. The zero-order valence-corrected chi connectivity index (χ0v) is 13.0. The number of nitrogens with two attached hydrogens (primary N) is 1. The summed E-state index contributed by atoms with van der Waals surface area (Å²) in [5, 5.41) is 1.04. The van der Waals surface area contributed by atoms with Crippen molar-refractivity contribution in [1.29, 1.82) is 0 Å². The van der Waals surface area contributed by atoms with Crippen LogP contribution in [0.4, 0.5) is 5.95 Å². The molecule has 1 aromatic carbocycles. The highest BCUT2D eigenvalue weighted by atomic mass is 35.5. The lowest BCUT2D eigenvalue weighted by atomic mass is 10.1. The van der Waals surface area contributed by atoms with Crippen LogP contribution in [-0.4, -0.2) is 29.1 Å². The van der Waals surface area contributed by atoms with Gasteiger partial charge in [0.1, 0.15) is 0 Å². The molecule has 2 aromatic rings. The Morgan fingerprint density at radius 1 is 1.29 bits per heavy atom. The maximum absolute atomic E-state index is 6.27. The van der Waals surface area contributed by atoms with Crippen LogP contribution in [0.3, 0.4) is 0 Å². The Hall–Kier alpha value is -1.36. The average Bonchev–Trinajstić information content (AvgIpc) is 2.99. The van der Waals surface area contributed by atoms with Gasteiger partial charge in [-0.1, -0.05) is 35.3 Å². The molecule has 0 spiro atoms. The standard InChI is InChI=1S/C15H16Cl2N4/c16-12-5-1-4-11(14(12)17)13-6-7-19-15(20-13)21-8-2-3-10(21)9-18/h1,4-7,10H,2-3,8-9,18H2. The number of hydrogen-bond donors (Lipinski definition) is 1. The third kappa shape index (κ3) is 2.84. The average molecular weight is 323 g/mol. The predicted octanol–water partition coefficient (Wildman–Crippen LogP) is 3.38. The van der Waals surface area contributed by atoms with Crippen LogP contribution >= 0.6 is 23.2 Å². The summed E-state index contributed by atoms with van der Waals surface area (Å²) in [5.74, 6) is 0.705. The van der Waals surface area contributed by atoms with E-state index in [1.807, 2.05) is 18.2 Å². The Morgan fingerprint density at radius 3 is 2.95 bits per heavy atom. The van der Waals surface area contributed by atoms with Gasteiger partial charge in [0.05, 0.1) is 15.7 Å². The van der Waals surface area contributed by atoms with E-state index in [0.717, 1.165) is 30.6 Å². The van der Waals surface area contributed by atoms with E-state index in [4.69, 9.17) is 28.9 Å². The molecule has 3 rings (SSSR count). The third-order valence-corrected chi connectivity index (χ3v) is 4.60. The normalized spacial score (nSPS) is 18.2. The zero-order valence-electron chi connectivity index (χ0n) is 11.5. The van der Waals surface area contributed by atoms with Crippen molar-refractivity contribution in [1.82, 2.24) is 9.97 Å². The summed E-state index contributed by atoms with van der Waals surface area (Å²) in [6.07, 6.45) is 3.95. The summed E-state index contributed by atoms with van der Waals surface area (Å²) in [7, 11) is 0. The number of benzene rings is 1. The molecule has 0 saturated carbocycles. The van der Waals surface area contributed by atoms with Gasteiger partial charge in [-0.3, -0.25) is 0 Å². The smallest absolute Gasteiger partial charge is 0.226 e. The second kappa shape index (κ2) is 6.18. The van der Waals surface area contributed by atoms with E-state index >= 15 is 0 Å². The lowest BCUT2D eigenvalue weighted by Crippen LogP contribution is -2.36. The molecule has 0 aliphatic carbocycles. The quantitative estimate of drug-likeness (QED) is 0.941. The van der Waals surface area contributed by atoms with Crippen LogP contribution in [0.15, 0.2) is 30.5 Å². The number of hydrogen-bond acceptors (Lipinski definition) is 4. The number of halogens is 2. The van der Waals surface area contributed by atoms with Crippen molar-refractivity contribution in [2.75, 3.05) is 18.0 Å². The molecule has 1 unspecified atom stereocenters. The largest absolute Gasteiger partial charge is 0.337 e. The maximum atomic E-state index is 6.27. The first kappa shape index (κ1) is 14.6. The molecule has 110 valence electrons. The van der Waals surface area contributed by atoms with Crippen molar-refractivity contribution in [3.8, 4) is 11.3 Å². The summed E-state index contributed by atoms with van der Waals surface area (Å²) in [6, 6.07) is 7.69. The van der Waals surface area contributed by atoms with E-state index in [-0.39, 0.29) is 0 Å². The second-order valence-corrected chi connectivity index (χ2v) is 5.85. The molecule has 1 aliphatic heterocycles. The van der Waals surface area contributed by atoms with E-state index < -0.39 is 0 Å². The van der Waals surface area contributed by atoms with Crippen LogP contribution in [0.1, 0.15) is 12.8 Å². The molecule has 0 bridgehead atoms. The fraction of sp³-hybridized carbons (Fsp3) is 0.333. The van der Waals surface area contributed by atoms with Gasteiger partial charge in [0.25, 0.3) is 0 Å². The molecule has 2 N–H and O–H groups in total. The topological polar surface area (TPSA) is 55.0 Å². The number of nitrogens with zero attached hydrogens (tertiary/aromatic N) is 3. The number of rotatable bonds is 3. The molecule has 0 amide bonds. The van der Waals surface area contributed by atoms with Gasteiger partial charge in [-0.05, 0) is 25.0 Å². The first-order valence-corrected chi connectivity index (χ1v) is 7.70. The Bertz CT molecular complexity index is 647. The zero-order chi connectivity index (χ0) is 14.8. The van der Waals surface area contributed by atoms with E-state index in [9.17, 15) is 0 Å². The fourth-order valence-electron chi connectivity index (χ4n) is 2.68. The molecule has 1 fully saturated rings. The van der Waals surface area contributed by atoms with Crippen molar-refractivity contribution in [3.05, 3.63) is 40.5 Å². The van der Waals surface area contributed by atoms with Gasteiger partial charge in [-0.25, -0.2) is 9.97 Å². The number of anilines is 1. The molecular formula is C15H16Cl2N4. The summed E-state index contributed by atoms with van der Waals surface area (Å²) < 4.78 is 0. The summed E-state index contributed by atoms with van der Waals surface area (Å²) in [4.78, 5) is 11.2. The van der Waals surface area contributed by atoms with Crippen LogP contribution in [0.5, 0.6) is 0 Å². The SMILES string of the molecule is NCC1CCCN1c1nccc(-c2cccc(Cl)c2Cl)n1. The third-order valence-electron chi connectivity index (χ3n) is 3.78. The second-order valence-electron chi connectivity index (χ2n) is 5.07. The van der Waals surface area contributed by atoms with Crippen LogP contribution in [0.25, 0.3) is 11.3 Å². The molecule has 1 saturated heterocycles. The molecule has 21 heavy (non-hydrogen) atoms. The highest BCUT2D eigenvalue weighted by molar-refractivity contribution is 6.43. The summed E-state index contributed by atoms with van der Waals surface area (Å²) >= 11 is 12.3. The van der Waals surface area contributed by atoms with Gasteiger partial charge in [-0.15, -0.1) is 0 Å². The van der Waals surface area contributed by atoms with Crippen molar-refractivity contribution >= 4 is 29.2 Å². The Morgan fingerprint density at radius 2 is 2.14 bits per heavy atom. The Labute approximate surface area is 133 Å². The maximum Gasteiger partial charge on any atom is 0.226 e. The van der Waals surface area contributed by atoms with Gasteiger partial charge < -0.3 is 10.6 Å². The monoisotopic (exact) mass is 322 g/mol. The fourth-order valence-corrected chi connectivity index (χ4v) is 3.08. The first-order valence-electron chi connectivity index (χ1n) is 6.95. The van der Waals surface area contributed by atoms with Gasteiger partial charge in [0.15, 0.2) is 0 Å². The molecule has 0 radical (unpaired) electrons. The predicted molar refractivity (Wildman–Crippen MR) is 86.9 cm³/mol. The van der Waals surface area contributed by atoms with Crippen LogP contribution < -0.4 is 10.6 Å². The van der Waals surface area contributed by atoms with Gasteiger partial charge in [0.2, 0.25) is 5.95 Å². The van der Waals surface area contributed by atoms with Crippen molar-refractivity contribution in [2.24, 2.45) is 5.73 Å². The molecule has 1 atom stereocenters. The van der Waals surface area contributed by atoms with Crippen LogP contribution in [0.2, 0.25) is 10.0 Å². The highest BCUT2D eigenvalue weighted by Gasteiger charge is 2.25. The molecule has 6 heteroatoms. The van der Waals surface area contributed by atoms with E-state index in [1.165, 1.54) is 0 Å². The van der Waals surface area contributed by atoms with Gasteiger partial charge >= 0.3 is 0 Å².